The van der Waals surface area contributed by atoms with Gasteiger partial charge in [-0.05, 0) is 24.1 Å². The van der Waals surface area contributed by atoms with Gasteiger partial charge in [-0.25, -0.2) is 4.79 Å². The van der Waals surface area contributed by atoms with Gasteiger partial charge in [0.1, 0.15) is 6.26 Å². The normalized spacial score (nSPS) is 13.0. The van der Waals surface area contributed by atoms with Gasteiger partial charge in [0.25, 0.3) is 5.91 Å². The van der Waals surface area contributed by atoms with Crippen molar-refractivity contribution in [2.45, 2.75) is 13.0 Å². The molecule has 7 nitrogen and oxygen atoms in total. The van der Waals surface area contributed by atoms with Gasteiger partial charge in [0.2, 0.25) is 0 Å². The molecule has 2 heterocycles. The van der Waals surface area contributed by atoms with Gasteiger partial charge in [0, 0.05) is 29.9 Å². The van der Waals surface area contributed by atoms with E-state index in [0.717, 1.165) is 11.1 Å². The van der Waals surface area contributed by atoms with Crippen LogP contribution in [0.5, 0.6) is 0 Å². The summed E-state index contributed by atoms with van der Waals surface area (Å²) >= 11 is 0. The largest absolute Gasteiger partial charge is 0.364 e. The number of rotatable bonds is 4. The minimum atomic E-state index is -0.257. The molecule has 0 unspecified atom stereocenters. The Morgan fingerprint density at radius 1 is 1.43 bits per heavy atom. The van der Waals surface area contributed by atoms with Crippen molar-refractivity contribution in [3.05, 3.63) is 47.3 Å². The monoisotopic (exact) mass is 286 g/mol. The Morgan fingerprint density at radius 2 is 2.33 bits per heavy atom. The molecule has 21 heavy (non-hydrogen) atoms. The second-order valence-corrected chi connectivity index (χ2v) is 4.72. The number of aromatic nitrogens is 1. The fraction of sp³-hybridized carbons (Fsp3) is 0.214. The number of hydrogen-bond acceptors (Lipinski definition) is 4. The van der Waals surface area contributed by atoms with Crippen LogP contribution in [0, 0.1) is 0 Å². The second-order valence-electron chi connectivity index (χ2n) is 4.72. The van der Waals surface area contributed by atoms with Crippen LogP contribution in [0.15, 0.2) is 35.2 Å². The van der Waals surface area contributed by atoms with E-state index >= 15 is 0 Å². The van der Waals surface area contributed by atoms with Crippen LogP contribution in [-0.4, -0.2) is 23.6 Å². The number of benzene rings is 1. The number of carbonyl (C=O) groups excluding carboxylic acids is 2. The Balaban J connectivity index is 1.62. The van der Waals surface area contributed by atoms with Crippen molar-refractivity contribution in [3.8, 4) is 0 Å². The summed E-state index contributed by atoms with van der Waals surface area (Å²) in [6.45, 7) is 0.960. The molecule has 1 aliphatic heterocycles. The Bertz CT molecular complexity index is 667. The summed E-state index contributed by atoms with van der Waals surface area (Å²) in [5.41, 5.74) is 3.07. The third kappa shape index (κ3) is 3.02. The van der Waals surface area contributed by atoms with Crippen LogP contribution in [0.4, 0.5) is 10.5 Å². The van der Waals surface area contributed by atoms with E-state index in [0.29, 0.717) is 30.8 Å². The molecule has 1 aliphatic rings. The summed E-state index contributed by atoms with van der Waals surface area (Å²) in [5, 5.41) is 11.8. The number of anilines is 1. The molecule has 1 aromatic heterocycles. The molecular weight excluding hydrogens is 272 g/mol. The molecule has 108 valence electrons. The topological polar surface area (TPSA) is 96.3 Å². The number of urea groups is 1. The first kappa shape index (κ1) is 13.2. The summed E-state index contributed by atoms with van der Waals surface area (Å²) in [6.07, 6.45) is 3.82. The molecule has 0 radical (unpaired) electrons. The lowest BCUT2D eigenvalue weighted by Crippen LogP contribution is -2.33. The summed E-state index contributed by atoms with van der Waals surface area (Å²) in [4.78, 5) is 23.3. The van der Waals surface area contributed by atoms with E-state index in [1.165, 1.54) is 0 Å². The molecule has 2 aromatic rings. The average Bonchev–Trinajstić information content (AvgIpc) is 2.99. The molecule has 0 spiro atoms. The SMILES string of the molecule is O=C1NCc2ccc(C(=O)NCCc3cnoc3)cc2N1. The Morgan fingerprint density at radius 3 is 3.14 bits per heavy atom. The number of nitrogens with zero attached hydrogens (tertiary/aromatic N) is 1. The zero-order valence-electron chi connectivity index (χ0n) is 11.2. The summed E-state index contributed by atoms with van der Waals surface area (Å²) in [7, 11) is 0. The van der Waals surface area contributed by atoms with Gasteiger partial charge in [-0.2, -0.15) is 0 Å². The fourth-order valence-corrected chi connectivity index (χ4v) is 2.10. The maximum absolute atomic E-state index is 12.1. The Labute approximate surface area is 120 Å². The van der Waals surface area contributed by atoms with Crippen molar-refractivity contribution in [2.24, 2.45) is 0 Å². The minimum Gasteiger partial charge on any atom is -0.364 e. The van der Waals surface area contributed by atoms with Crippen LogP contribution in [0.25, 0.3) is 0 Å². The Hall–Kier alpha value is -2.83. The fourth-order valence-electron chi connectivity index (χ4n) is 2.10. The smallest absolute Gasteiger partial charge is 0.319 e. The van der Waals surface area contributed by atoms with Gasteiger partial charge in [-0.3, -0.25) is 4.79 Å². The first-order chi connectivity index (χ1) is 10.2. The van der Waals surface area contributed by atoms with E-state index in [2.05, 4.69) is 21.1 Å². The molecule has 3 rings (SSSR count). The molecule has 0 saturated carbocycles. The van der Waals surface area contributed by atoms with E-state index in [9.17, 15) is 9.59 Å². The van der Waals surface area contributed by atoms with Gasteiger partial charge in [-0.15, -0.1) is 0 Å². The lowest BCUT2D eigenvalue weighted by atomic mass is 10.1. The first-order valence-corrected chi connectivity index (χ1v) is 6.56. The highest BCUT2D eigenvalue weighted by atomic mass is 16.5. The zero-order valence-corrected chi connectivity index (χ0v) is 11.2. The van der Waals surface area contributed by atoms with Crippen molar-refractivity contribution >= 4 is 17.6 Å². The lowest BCUT2D eigenvalue weighted by molar-refractivity contribution is 0.0954. The standard InChI is InChI=1S/C14H14N4O3/c19-13(15-4-3-9-6-17-21-8-9)10-1-2-11-7-16-14(20)18-12(11)5-10/h1-2,5-6,8H,3-4,7H2,(H,15,19)(H2,16,18,20). The van der Waals surface area contributed by atoms with Gasteiger partial charge >= 0.3 is 6.03 Å². The average molecular weight is 286 g/mol. The van der Waals surface area contributed by atoms with Gasteiger partial charge < -0.3 is 20.5 Å². The van der Waals surface area contributed by atoms with Gasteiger partial charge in [0.15, 0.2) is 0 Å². The number of hydrogen-bond donors (Lipinski definition) is 3. The molecule has 0 atom stereocenters. The van der Waals surface area contributed by atoms with Crippen molar-refractivity contribution in [2.75, 3.05) is 11.9 Å². The number of nitrogens with one attached hydrogen (secondary N) is 3. The molecule has 3 N–H and O–H groups in total. The predicted octanol–water partition coefficient (Wildman–Crippen LogP) is 1.28. The van der Waals surface area contributed by atoms with Crippen LogP contribution in [0.2, 0.25) is 0 Å². The van der Waals surface area contributed by atoms with Crippen LogP contribution >= 0.6 is 0 Å². The number of carbonyl (C=O) groups is 2. The summed E-state index contributed by atoms with van der Waals surface area (Å²) in [5.74, 6) is -0.179. The van der Waals surface area contributed by atoms with Crippen molar-refractivity contribution in [3.63, 3.8) is 0 Å². The van der Waals surface area contributed by atoms with E-state index in [4.69, 9.17) is 4.52 Å². The predicted molar refractivity (Wildman–Crippen MR) is 74.8 cm³/mol. The Kier molecular flexibility index (Phi) is 3.55. The third-order valence-corrected chi connectivity index (χ3v) is 3.24. The first-order valence-electron chi connectivity index (χ1n) is 6.56. The minimum absolute atomic E-state index is 0.179. The molecular formula is C14H14N4O3. The molecule has 3 amide bonds. The maximum Gasteiger partial charge on any atom is 0.319 e. The molecule has 7 heteroatoms. The van der Waals surface area contributed by atoms with Gasteiger partial charge in [-0.1, -0.05) is 11.2 Å². The van der Waals surface area contributed by atoms with Crippen LogP contribution in [0.3, 0.4) is 0 Å². The van der Waals surface area contributed by atoms with Gasteiger partial charge in [0.05, 0.1) is 6.20 Å². The van der Waals surface area contributed by atoms with E-state index in [-0.39, 0.29) is 11.9 Å². The lowest BCUT2D eigenvalue weighted by Gasteiger charge is -2.18. The van der Waals surface area contributed by atoms with Crippen LogP contribution < -0.4 is 16.0 Å². The second kappa shape index (κ2) is 5.66. The van der Waals surface area contributed by atoms with E-state index < -0.39 is 0 Å². The molecule has 0 fully saturated rings. The highest BCUT2D eigenvalue weighted by molar-refractivity contribution is 5.98. The van der Waals surface area contributed by atoms with Crippen molar-refractivity contribution < 1.29 is 14.1 Å². The van der Waals surface area contributed by atoms with E-state index in [1.54, 1.807) is 24.6 Å². The van der Waals surface area contributed by atoms with Crippen molar-refractivity contribution in [1.82, 2.24) is 15.8 Å². The molecule has 0 saturated heterocycles. The quantitative estimate of drug-likeness (QED) is 0.789. The number of fused-ring (bicyclic) bond motifs is 1. The molecule has 0 bridgehead atoms. The van der Waals surface area contributed by atoms with E-state index in [1.807, 2.05) is 6.07 Å². The van der Waals surface area contributed by atoms with Crippen molar-refractivity contribution in [1.29, 1.82) is 0 Å². The molecule has 1 aromatic carbocycles. The highest BCUT2D eigenvalue weighted by Crippen LogP contribution is 2.20. The summed E-state index contributed by atoms with van der Waals surface area (Å²) < 4.78 is 4.72. The zero-order chi connectivity index (χ0) is 14.7. The maximum atomic E-state index is 12.1. The highest BCUT2D eigenvalue weighted by Gasteiger charge is 2.15. The molecule has 0 aliphatic carbocycles. The van der Waals surface area contributed by atoms with Crippen LogP contribution in [-0.2, 0) is 13.0 Å². The summed E-state index contributed by atoms with van der Waals surface area (Å²) in [6, 6.07) is 5.00. The van der Waals surface area contributed by atoms with Crippen LogP contribution in [0.1, 0.15) is 21.5 Å². The third-order valence-electron chi connectivity index (χ3n) is 3.24. The number of amides is 3.